The zero-order valence-electron chi connectivity index (χ0n) is 17.4. The summed E-state index contributed by atoms with van der Waals surface area (Å²) in [5.41, 5.74) is -0.457. The van der Waals surface area contributed by atoms with Gasteiger partial charge in [0.1, 0.15) is 5.60 Å². The molecule has 1 heterocycles. The number of amides is 1. The Labute approximate surface area is 158 Å². The molecule has 1 amide bonds. The third-order valence-electron chi connectivity index (χ3n) is 6.04. The third-order valence-corrected chi connectivity index (χ3v) is 6.04. The minimum absolute atomic E-state index is 0.0647. The molecule has 0 bridgehead atoms. The molecule has 0 unspecified atom stereocenters. The van der Waals surface area contributed by atoms with Crippen molar-refractivity contribution in [1.82, 2.24) is 9.96 Å². The van der Waals surface area contributed by atoms with Crippen LogP contribution in [0.5, 0.6) is 0 Å². The highest BCUT2D eigenvalue weighted by atomic mass is 16.8. The first-order valence-electron chi connectivity index (χ1n) is 9.90. The van der Waals surface area contributed by atoms with E-state index in [-0.39, 0.29) is 16.9 Å². The first kappa shape index (κ1) is 21.0. The second-order valence-corrected chi connectivity index (χ2v) is 9.39. The molecule has 26 heavy (non-hydrogen) atoms. The molecule has 1 aliphatic heterocycles. The van der Waals surface area contributed by atoms with E-state index in [0.29, 0.717) is 13.0 Å². The van der Waals surface area contributed by atoms with E-state index < -0.39 is 11.8 Å². The van der Waals surface area contributed by atoms with Crippen LogP contribution in [-0.2, 0) is 14.4 Å². The average molecular weight is 369 g/mol. The highest BCUT2D eigenvalue weighted by molar-refractivity contribution is 5.79. The number of hydrogen-bond donors (Lipinski definition) is 0. The van der Waals surface area contributed by atoms with E-state index in [9.17, 15) is 9.59 Å². The van der Waals surface area contributed by atoms with Crippen LogP contribution in [0.2, 0.25) is 0 Å². The number of rotatable bonds is 5. The lowest BCUT2D eigenvalue weighted by atomic mass is 9.65. The van der Waals surface area contributed by atoms with Crippen molar-refractivity contribution in [2.45, 2.75) is 90.2 Å². The predicted molar refractivity (Wildman–Crippen MR) is 100 cm³/mol. The fourth-order valence-corrected chi connectivity index (χ4v) is 4.31. The van der Waals surface area contributed by atoms with Crippen molar-refractivity contribution in [1.29, 1.82) is 0 Å². The number of carbonyl (C=O) groups excluding carboxylic acids is 2. The Morgan fingerprint density at radius 3 is 2.31 bits per heavy atom. The molecule has 0 aromatic heterocycles. The lowest BCUT2D eigenvalue weighted by Gasteiger charge is -2.48. The van der Waals surface area contributed by atoms with E-state index in [1.165, 1.54) is 24.3 Å². The molecule has 2 aliphatic rings. The Morgan fingerprint density at radius 1 is 1.19 bits per heavy atom. The third kappa shape index (κ3) is 4.90. The Kier molecular flexibility index (Phi) is 6.26. The van der Waals surface area contributed by atoms with Crippen molar-refractivity contribution < 1.29 is 19.2 Å². The molecule has 0 radical (unpaired) electrons. The van der Waals surface area contributed by atoms with Crippen LogP contribution in [0.4, 0.5) is 4.79 Å². The molecule has 2 fully saturated rings. The van der Waals surface area contributed by atoms with E-state index in [1.807, 2.05) is 0 Å². The zero-order chi connectivity index (χ0) is 19.6. The monoisotopic (exact) mass is 368 g/mol. The van der Waals surface area contributed by atoms with Gasteiger partial charge in [-0.3, -0.25) is 4.79 Å². The van der Waals surface area contributed by atoms with Crippen molar-refractivity contribution in [2.24, 2.45) is 5.41 Å². The van der Waals surface area contributed by atoms with E-state index in [2.05, 4.69) is 25.9 Å². The maximum atomic E-state index is 12.4. The number of carbonyl (C=O) groups is 2. The van der Waals surface area contributed by atoms with Gasteiger partial charge in [-0.25, -0.2) is 4.79 Å². The van der Waals surface area contributed by atoms with Crippen molar-refractivity contribution in [3.63, 3.8) is 0 Å². The standard InChI is InChI=1S/C20H36N2O4/c1-7-8-9-20(21(5)6)12-10-19(11-13-20)14-16(23)22(15-19)26-17(24)25-18(2,3)4/h7-15H2,1-6H3. The van der Waals surface area contributed by atoms with Crippen LogP contribution in [0.1, 0.15) is 79.1 Å². The lowest BCUT2D eigenvalue weighted by molar-refractivity contribution is -0.170. The number of nitrogens with zero attached hydrogens (tertiary/aromatic N) is 2. The smallest absolute Gasteiger partial charge is 0.427 e. The predicted octanol–water partition coefficient (Wildman–Crippen LogP) is 4.14. The molecule has 1 saturated heterocycles. The molecule has 1 spiro atoms. The Hall–Kier alpha value is -1.30. The van der Waals surface area contributed by atoms with Gasteiger partial charge >= 0.3 is 6.16 Å². The normalized spacial score (nSPS) is 29.5. The molecule has 1 aliphatic carbocycles. The van der Waals surface area contributed by atoms with Crippen LogP contribution in [0.3, 0.4) is 0 Å². The number of unbranched alkanes of at least 4 members (excludes halogenated alkanes) is 1. The van der Waals surface area contributed by atoms with Gasteiger partial charge in [0.15, 0.2) is 0 Å². The van der Waals surface area contributed by atoms with Gasteiger partial charge in [0.05, 0.1) is 6.54 Å². The van der Waals surface area contributed by atoms with Gasteiger partial charge in [-0.1, -0.05) is 19.8 Å². The van der Waals surface area contributed by atoms with Gasteiger partial charge in [-0.05, 0) is 67.0 Å². The first-order valence-corrected chi connectivity index (χ1v) is 9.90. The van der Waals surface area contributed by atoms with Crippen LogP contribution in [0.15, 0.2) is 0 Å². The molecule has 0 N–H and O–H groups in total. The molecule has 6 nitrogen and oxygen atoms in total. The fourth-order valence-electron chi connectivity index (χ4n) is 4.31. The summed E-state index contributed by atoms with van der Waals surface area (Å²) in [7, 11) is 4.34. The summed E-state index contributed by atoms with van der Waals surface area (Å²) >= 11 is 0. The SMILES string of the molecule is CCCCC1(N(C)C)CCC2(CC1)CC(=O)N(OC(=O)OC(C)(C)C)C2. The van der Waals surface area contributed by atoms with Crippen LogP contribution in [0.25, 0.3) is 0 Å². The van der Waals surface area contributed by atoms with Gasteiger partial charge in [0, 0.05) is 17.4 Å². The van der Waals surface area contributed by atoms with Crippen LogP contribution >= 0.6 is 0 Å². The van der Waals surface area contributed by atoms with Crippen molar-refractivity contribution in [3.8, 4) is 0 Å². The topological polar surface area (TPSA) is 59.1 Å². The summed E-state index contributed by atoms with van der Waals surface area (Å²) < 4.78 is 5.17. The van der Waals surface area contributed by atoms with Crippen LogP contribution in [0, 0.1) is 5.41 Å². The molecule has 0 aromatic rings. The maximum absolute atomic E-state index is 12.4. The van der Waals surface area contributed by atoms with E-state index in [4.69, 9.17) is 9.57 Å². The average Bonchev–Trinajstić information content (AvgIpc) is 2.80. The highest BCUT2D eigenvalue weighted by Crippen LogP contribution is 2.50. The number of ether oxygens (including phenoxy) is 1. The summed E-state index contributed by atoms with van der Waals surface area (Å²) in [5, 5.41) is 1.22. The van der Waals surface area contributed by atoms with Gasteiger partial charge < -0.3 is 14.5 Å². The highest BCUT2D eigenvalue weighted by Gasteiger charge is 2.50. The van der Waals surface area contributed by atoms with E-state index >= 15 is 0 Å². The summed E-state index contributed by atoms with van der Waals surface area (Å²) in [5.74, 6) is -0.109. The van der Waals surface area contributed by atoms with E-state index in [0.717, 1.165) is 25.7 Å². The molecule has 6 heteroatoms. The summed E-state index contributed by atoms with van der Waals surface area (Å²) in [6.45, 7) is 8.05. The summed E-state index contributed by atoms with van der Waals surface area (Å²) in [4.78, 5) is 31.9. The quantitative estimate of drug-likeness (QED) is 0.683. The molecule has 1 saturated carbocycles. The second-order valence-electron chi connectivity index (χ2n) is 9.39. The Morgan fingerprint density at radius 2 is 1.81 bits per heavy atom. The van der Waals surface area contributed by atoms with E-state index in [1.54, 1.807) is 20.8 Å². The molecule has 150 valence electrons. The van der Waals surface area contributed by atoms with Gasteiger partial charge in [0.2, 0.25) is 0 Å². The molecular weight excluding hydrogens is 332 g/mol. The molecule has 2 rings (SSSR count). The minimum atomic E-state index is -0.802. The summed E-state index contributed by atoms with van der Waals surface area (Å²) in [6, 6.07) is 0. The van der Waals surface area contributed by atoms with Crippen LogP contribution < -0.4 is 0 Å². The van der Waals surface area contributed by atoms with Crippen LogP contribution in [-0.4, -0.2) is 53.8 Å². The lowest BCUT2D eigenvalue weighted by Crippen LogP contribution is -2.49. The zero-order valence-corrected chi connectivity index (χ0v) is 17.4. The van der Waals surface area contributed by atoms with Gasteiger partial charge in [-0.2, -0.15) is 5.06 Å². The van der Waals surface area contributed by atoms with Gasteiger partial charge in [-0.15, -0.1) is 0 Å². The largest absolute Gasteiger partial charge is 0.534 e. The number of hydrogen-bond acceptors (Lipinski definition) is 5. The summed E-state index contributed by atoms with van der Waals surface area (Å²) in [6.07, 6.45) is 7.48. The van der Waals surface area contributed by atoms with Gasteiger partial charge in [0.25, 0.3) is 5.91 Å². The molecule has 0 atom stereocenters. The minimum Gasteiger partial charge on any atom is -0.427 e. The number of hydroxylamine groups is 2. The van der Waals surface area contributed by atoms with Crippen molar-refractivity contribution in [2.75, 3.05) is 20.6 Å². The van der Waals surface area contributed by atoms with Crippen molar-refractivity contribution >= 4 is 12.1 Å². The fraction of sp³-hybridized carbons (Fsp3) is 0.900. The second kappa shape index (κ2) is 7.75. The maximum Gasteiger partial charge on any atom is 0.534 e. The molecule has 0 aromatic carbocycles. The van der Waals surface area contributed by atoms with Crippen molar-refractivity contribution in [3.05, 3.63) is 0 Å². The molecular formula is C20H36N2O4. The Balaban J connectivity index is 1.96. The Bertz CT molecular complexity index is 516. The first-order chi connectivity index (χ1) is 12.0.